The first kappa shape index (κ1) is 16.3. The Kier molecular flexibility index (Phi) is 5.29. The molecular formula is C20H22N2O2. The number of benzene rings is 2. The highest BCUT2D eigenvalue weighted by molar-refractivity contribution is 5.83. The Labute approximate surface area is 141 Å². The molecule has 4 heteroatoms. The van der Waals surface area contributed by atoms with Crippen molar-refractivity contribution in [3.63, 3.8) is 0 Å². The molecule has 0 saturated heterocycles. The van der Waals surface area contributed by atoms with Crippen molar-refractivity contribution in [2.75, 3.05) is 13.2 Å². The van der Waals surface area contributed by atoms with Gasteiger partial charge in [0.1, 0.15) is 6.04 Å². The Morgan fingerprint density at radius 3 is 2.67 bits per heavy atom. The summed E-state index contributed by atoms with van der Waals surface area (Å²) in [5, 5.41) is 4.56. The minimum absolute atomic E-state index is 0.234. The lowest BCUT2D eigenvalue weighted by molar-refractivity contribution is -0.145. The van der Waals surface area contributed by atoms with Gasteiger partial charge in [0.25, 0.3) is 0 Å². The summed E-state index contributed by atoms with van der Waals surface area (Å²) < 4.78 is 5.21. The third kappa shape index (κ3) is 3.66. The lowest BCUT2D eigenvalue weighted by Crippen LogP contribution is -2.31. The molecule has 0 unspecified atom stereocenters. The summed E-state index contributed by atoms with van der Waals surface area (Å²) in [4.78, 5) is 15.5. The number of para-hydroxylation sites is 1. The molecule has 24 heavy (non-hydrogen) atoms. The molecule has 0 saturated carbocycles. The van der Waals surface area contributed by atoms with E-state index in [-0.39, 0.29) is 5.97 Å². The second-order valence-corrected chi connectivity index (χ2v) is 5.66. The van der Waals surface area contributed by atoms with Crippen LogP contribution in [0.2, 0.25) is 0 Å². The molecule has 0 aliphatic rings. The highest BCUT2D eigenvalue weighted by Crippen LogP contribution is 2.19. The van der Waals surface area contributed by atoms with E-state index in [0.717, 1.165) is 17.5 Å². The zero-order valence-corrected chi connectivity index (χ0v) is 13.8. The lowest BCUT2D eigenvalue weighted by Gasteiger charge is -2.17. The second-order valence-electron chi connectivity index (χ2n) is 5.66. The fourth-order valence-corrected chi connectivity index (χ4v) is 2.90. The number of rotatable bonds is 7. The van der Waals surface area contributed by atoms with Crippen molar-refractivity contribution in [3.8, 4) is 0 Å². The first-order valence-corrected chi connectivity index (χ1v) is 8.29. The van der Waals surface area contributed by atoms with Crippen LogP contribution in [0.1, 0.15) is 24.1 Å². The SMILES string of the molecule is CCOC(=O)[C@H](NCCc1c[nH]c2ccccc12)c1ccccc1. The summed E-state index contributed by atoms with van der Waals surface area (Å²) in [7, 11) is 0. The van der Waals surface area contributed by atoms with Crippen molar-refractivity contribution in [2.45, 2.75) is 19.4 Å². The number of carbonyl (C=O) groups excluding carboxylic acids is 1. The van der Waals surface area contributed by atoms with Crippen LogP contribution in [0.5, 0.6) is 0 Å². The van der Waals surface area contributed by atoms with Crippen molar-refractivity contribution >= 4 is 16.9 Å². The number of esters is 1. The van der Waals surface area contributed by atoms with Crippen molar-refractivity contribution in [2.24, 2.45) is 0 Å². The molecule has 0 aliphatic heterocycles. The van der Waals surface area contributed by atoms with Gasteiger partial charge in [-0.3, -0.25) is 0 Å². The Hall–Kier alpha value is -2.59. The largest absolute Gasteiger partial charge is 0.465 e. The maximum Gasteiger partial charge on any atom is 0.327 e. The zero-order valence-electron chi connectivity index (χ0n) is 13.8. The molecule has 0 bridgehead atoms. The topological polar surface area (TPSA) is 54.1 Å². The van der Waals surface area contributed by atoms with Gasteiger partial charge < -0.3 is 15.0 Å². The summed E-state index contributed by atoms with van der Waals surface area (Å²) in [6.45, 7) is 2.90. The third-order valence-corrected chi connectivity index (χ3v) is 4.07. The molecule has 124 valence electrons. The Morgan fingerprint density at radius 2 is 1.88 bits per heavy atom. The molecule has 0 amide bonds. The van der Waals surface area contributed by atoms with Gasteiger partial charge in [-0.15, -0.1) is 0 Å². The molecule has 0 radical (unpaired) electrons. The van der Waals surface area contributed by atoms with Gasteiger partial charge in [-0.1, -0.05) is 48.5 Å². The smallest absolute Gasteiger partial charge is 0.327 e. The number of nitrogens with one attached hydrogen (secondary N) is 2. The van der Waals surface area contributed by atoms with Crippen LogP contribution < -0.4 is 5.32 Å². The summed E-state index contributed by atoms with van der Waals surface area (Å²) in [6, 6.07) is 17.5. The first-order valence-electron chi connectivity index (χ1n) is 8.29. The van der Waals surface area contributed by atoms with Crippen LogP contribution in [0.3, 0.4) is 0 Å². The number of aromatic nitrogens is 1. The Bertz CT molecular complexity index is 796. The summed E-state index contributed by atoms with van der Waals surface area (Å²) in [5.41, 5.74) is 3.31. The minimum atomic E-state index is -0.434. The van der Waals surface area contributed by atoms with Crippen molar-refractivity contribution in [1.29, 1.82) is 0 Å². The van der Waals surface area contributed by atoms with Gasteiger partial charge in [0.2, 0.25) is 0 Å². The van der Waals surface area contributed by atoms with Crippen LogP contribution in [0.15, 0.2) is 60.8 Å². The van der Waals surface area contributed by atoms with Crippen molar-refractivity contribution in [3.05, 3.63) is 71.9 Å². The van der Waals surface area contributed by atoms with E-state index in [1.807, 2.05) is 55.6 Å². The number of fused-ring (bicyclic) bond motifs is 1. The molecule has 3 rings (SSSR count). The maximum absolute atomic E-state index is 12.3. The Morgan fingerprint density at radius 1 is 1.12 bits per heavy atom. The van der Waals surface area contributed by atoms with Gasteiger partial charge in [0, 0.05) is 23.6 Å². The number of hydrogen-bond donors (Lipinski definition) is 2. The van der Waals surface area contributed by atoms with Crippen LogP contribution >= 0.6 is 0 Å². The molecule has 0 aliphatic carbocycles. The molecule has 1 atom stereocenters. The predicted molar refractivity (Wildman–Crippen MR) is 95.8 cm³/mol. The van der Waals surface area contributed by atoms with E-state index in [1.54, 1.807) is 0 Å². The van der Waals surface area contributed by atoms with E-state index >= 15 is 0 Å². The fraction of sp³-hybridized carbons (Fsp3) is 0.250. The standard InChI is InChI=1S/C20H22N2O2/c1-2-24-20(23)19(15-8-4-3-5-9-15)21-13-12-16-14-22-18-11-7-6-10-17(16)18/h3-11,14,19,21-22H,2,12-13H2,1H3/t19-/m1/s1. The summed E-state index contributed by atoms with van der Waals surface area (Å²) in [6.07, 6.45) is 2.88. The van der Waals surface area contributed by atoms with E-state index in [1.165, 1.54) is 10.9 Å². The molecule has 2 N–H and O–H groups in total. The van der Waals surface area contributed by atoms with E-state index in [2.05, 4.69) is 22.4 Å². The normalized spacial score (nSPS) is 12.2. The molecule has 0 spiro atoms. The van der Waals surface area contributed by atoms with Gasteiger partial charge in [-0.2, -0.15) is 0 Å². The molecule has 0 fully saturated rings. The van der Waals surface area contributed by atoms with E-state index in [0.29, 0.717) is 13.2 Å². The minimum Gasteiger partial charge on any atom is -0.465 e. The van der Waals surface area contributed by atoms with Gasteiger partial charge in [0.05, 0.1) is 6.61 Å². The number of ether oxygens (including phenoxy) is 1. The average molecular weight is 322 g/mol. The van der Waals surface area contributed by atoms with Crippen LogP contribution in [0.25, 0.3) is 10.9 Å². The average Bonchev–Trinajstić information content (AvgIpc) is 3.03. The monoisotopic (exact) mass is 322 g/mol. The van der Waals surface area contributed by atoms with Gasteiger partial charge in [0.15, 0.2) is 0 Å². The first-order chi connectivity index (χ1) is 11.8. The molecule has 2 aromatic carbocycles. The van der Waals surface area contributed by atoms with Gasteiger partial charge >= 0.3 is 5.97 Å². The Balaban J connectivity index is 1.68. The number of aromatic amines is 1. The molecule has 1 aromatic heterocycles. The van der Waals surface area contributed by atoms with E-state index in [4.69, 9.17) is 4.74 Å². The van der Waals surface area contributed by atoms with Crippen LogP contribution in [-0.2, 0) is 16.0 Å². The summed E-state index contributed by atoms with van der Waals surface area (Å²) in [5.74, 6) is -0.234. The highest BCUT2D eigenvalue weighted by Gasteiger charge is 2.21. The van der Waals surface area contributed by atoms with Crippen LogP contribution in [-0.4, -0.2) is 24.1 Å². The fourth-order valence-electron chi connectivity index (χ4n) is 2.90. The predicted octanol–water partition coefficient (Wildman–Crippen LogP) is 3.60. The number of H-pyrrole nitrogens is 1. The summed E-state index contributed by atoms with van der Waals surface area (Å²) >= 11 is 0. The van der Waals surface area contributed by atoms with Crippen molar-refractivity contribution < 1.29 is 9.53 Å². The number of hydrogen-bond acceptors (Lipinski definition) is 3. The van der Waals surface area contributed by atoms with Crippen LogP contribution in [0, 0.1) is 0 Å². The van der Waals surface area contributed by atoms with Crippen molar-refractivity contribution in [1.82, 2.24) is 10.3 Å². The molecular weight excluding hydrogens is 300 g/mol. The maximum atomic E-state index is 12.3. The second kappa shape index (κ2) is 7.79. The van der Waals surface area contributed by atoms with Crippen LogP contribution in [0.4, 0.5) is 0 Å². The molecule has 1 heterocycles. The van der Waals surface area contributed by atoms with E-state index < -0.39 is 6.04 Å². The highest BCUT2D eigenvalue weighted by atomic mass is 16.5. The molecule has 4 nitrogen and oxygen atoms in total. The van der Waals surface area contributed by atoms with Gasteiger partial charge in [-0.25, -0.2) is 4.79 Å². The lowest BCUT2D eigenvalue weighted by atomic mass is 10.1. The zero-order chi connectivity index (χ0) is 16.8. The van der Waals surface area contributed by atoms with E-state index in [9.17, 15) is 4.79 Å². The molecule has 3 aromatic rings. The quantitative estimate of drug-likeness (QED) is 0.653. The van der Waals surface area contributed by atoms with Gasteiger partial charge in [-0.05, 0) is 30.5 Å². The number of carbonyl (C=O) groups is 1. The third-order valence-electron chi connectivity index (χ3n) is 4.07.